The van der Waals surface area contributed by atoms with E-state index < -0.39 is 0 Å². The molecule has 0 radical (unpaired) electrons. The first kappa shape index (κ1) is 14.1. The fourth-order valence-electron chi connectivity index (χ4n) is 1.88. The van der Waals surface area contributed by atoms with Crippen LogP contribution in [-0.4, -0.2) is 4.98 Å². The number of pyridine rings is 1. The van der Waals surface area contributed by atoms with Crippen molar-refractivity contribution in [2.45, 2.75) is 6.61 Å². The van der Waals surface area contributed by atoms with Crippen molar-refractivity contribution < 1.29 is 13.9 Å². The van der Waals surface area contributed by atoms with E-state index in [0.29, 0.717) is 18.2 Å². The van der Waals surface area contributed by atoms with Crippen molar-refractivity contribution in [1.82, 2.24) is 4.98 Å². The van der Waals surface area contributed by atoms with Crippen molar-refractivity contribution in [2.24, 2.45) is 0 Å². The average Bonchev–Trinajstić information content (AvgIpc) is 2.57. The minimum atomic E-state index is -0.250. The molecule has 3 nitrogen and oxygen atoms in total. The van der Waals surface area contributed by atoms with E-state index >= 15 is 0 Å². The molecule has 2 aromatic carbocycles. The molecule has 110 valence electrons. The lowest BCUT2D eigenvalue weighted by Gasteiger charge is -2.08. The van der Waals surface area contributed by atoms with E-state index in [1.165, 1.54) is 12.1 Å². The number of halogens is 1. The summed E-state index contributed by atoms with van der Waals surface area (Å²) in [6.45, 7) is 0.390. The number of hydrogen-bond donors (Lipinski definition) is 0. The minimum absolute atomic E-state index is 0.250. The van der Waals surface area contributed by atoms with Crippen LogP contribution in [0.5, 0.6) is 17.4 Å². The molecule has 0 atom stereocenters. The summed E-state index contributed by atoms with van der Waals surface area (Å²) in [4.78, 5) is 4.10. The lowest BCUT2D eigenvalue weighted by molar-refractivity contribution is 0.305. The van der Waals surface area contributed by atoms with Gasteiger partial charge in [-0.15, -0.1) is 0 Å². The first-order chi connectivity index (χ1) is 10.8. The van der Waals surface area contributed by atoms with Crippen molar-refractivity contribution in [3.63, 3.8) is 0 Å². The lowest BCUT2D eigenvalue weighted by atomic mass is 10.2. The number of aromatic nitrogens is 1. The molecule has 0 bridgehead atoms. The van der Waals surface area contributed by atoms with E-state index in [2.05, 4.69) is 4.98 Å². The third-order valence-corrected chi connectivity index (χ3v) is 3.00. The highest BCUT2D eigenvalue weighted by Gasteiger charge is 2.00. The molecule has 4 heteroatoms. The Morgan fingerprint density at radius 2 is 1.55 bits per heavy atom. The summed E-state index contributed by atoms with van der Waals surface area (Å²) in [6.07, 6.45) is 1.68. The van der Waals surface area contributed by atoms with E-state index in [-0.39, 0.29) is 5.82 Å². The SMILES string of the molecule is Fc1ccc(COc2ccc(Oc3ccccn3)cc2)cc1. The molecule has 0 saturated heterocycles. The molecule has 0 unspecified atom stereocenters. The van der Waals surface area contributed by atoms with E-state index in [1.54, 1.807) is 24.4 Å². The van der Waals surface area contributed by atoms with Crippen LogP contribution in [0.1, 0.15) is 5.56 Å². The van der Waals surface area contributed by atoms with Crippen molar-refractivity contribution in [1.29, 1.82) is 0 Å². The fraction of sp³-hybridized carbons (Fsp3) is 0.0556. The Balaban J connectivity index is 1.58. The molecular weight excluding hydrogens is 281 g/mol. The maximum atomic E-state index is 12.8. The van der Waals surface area contributed by atoms with Gasteiger partial charge < -0.3 is 9.47 Å². The zero-order valence-corrected chi connectivity index (χ0v) is 11.8. The molecule has 1 aromatic heterocycles. The van der Waals surface area contributed by atoms with Crippen molar-refractivity contribution in [3.8, 4) is 17.4 Å². The molecule has 22 heavy (non-hydrogen) atoms. The zero-order valence-electron chi connectivity index (χ0n) is 11.8. The summed E-state index contributed by atoms with van der Waals surface area (Å²) in [6, 6.07) is 19.0. The molecule has 0 aliphatic carbocycles. The van der Waals surface area contributed by atoms with Gasteiger partial charge in [-0.2, -0.15) is 0 Å². The second-order valence-corrected chi connectivity index (χ2v) is 4.66. The molecule has 1 heterocycles. The standard InChI is InChI=1S/C18H14FNO2/c19-15-6-4-14(5-7-15)13-21-16-8-10-17(11-9-16)22-18-3-1-2-12-20-18/h1-12H,13H2. The maximum Gasteiger partial charge on any atom is 0.219 e. The first-order valence-corrected chi connectivity index (χ1v) is 6.86. The first-order valence-electron chi connectivity index (χ1n) is 6.86. The van der Waals surface area contributed by atoms with E-state index in [1.807, 2.05) is 36.4 Å². The maximum absolute atomic E-state index is 12.8. The number of hydrogen-bond acceptors (Lipinski definition) is 3. The molecule has 3 rings (SSSR count). The Labute approximate surface area is 128 Å². The minimum Gasteiger partial charge on any atom is -0.489 e. The molecule has 0 N–H and O–H groups in total. The number of nitrogens with zero attached hydrogens (tertiary/aromatic N) is 1. The Hall–Kier alpha value is -2.88. The average molecular weight is 295 g/mol. The van der Waals surface area contributed by atoms with E-state index in [9.17, 15) is 4.39 Å². The molecule has 0 amide bonds. The van der Waals surface area contributed by atoms with Crippen molar-refractivity contribution in [3.05, 3.63) is 84.3 Å². The number of benzene rings is 2. The van der Waals surface area contributed by atoms with Crippen LogP contribution in [0.25, 0.3) is 0 Å². The van der Waals surface area contributed by atoms with Crippen LogP contribution in [0.15, 0.2) is 72.9 Å². The Morgan fingerprint density at radius 3 is 2.23 bits per heavy atom. The Kier molecular flexibility index (Phi) is 4.30. The molecule has 0 fully saturated rings. The third-order valence-electron chi connectivity index (χ3n) is 3.00. The normalized spacial score (nSPS) is 10.2. The number of ether oxygens (including phenoxy) is 2. The van der Waals surface area contributed by atoms with Gasteiger partial charge in [-0.05, 0) is 48.0 Å². The van der Waals surface area contributed by atoms with Gasteiger partial charge in [0.2, 0.25) is 5.88 Å². The molecule has 3 aromatic rings. The molecule has 0 saturated carbocycles. The second kappa shape index (κ2) is 6.72. The topological polar surface area (TPSA) is 31.4 Å². The fourth-order valence-corrected chi connectivity index (χ4v) is 1.88. The summed E-state index contributed by atoms with van der Waals surface area (Å²) in [5, 5.41) is 0. The van der Waals surface area contributed by atoms with Crippen molar-refractivity contribution in [2.75, 3.05) is 0 Å². The van der Waals surface area contributed by atoms with E-state index in [4.69, 9.17) is 9.47 Å². The third kappa shape index (κ3) is 3.82. The largest absolute Gasteiger partial charge is 0.489 e. The van der Waals surface area contributed by atoms with Gasteiger partial charge in [0.15, 0.2) is 0 Å². The van der Waals surface area contributed by atoms with Gasteiger partial charge in [0, 0.05) is 12.3 Å². The van der Waals surface area contributed by atoms with Crippen LogP contribution in [0, 0.1) is 5.82 Å². The van der Waals surface area contributed by atoms with Crippen LogP contribution in [0.3, 0.4) is 0 Å². The number of rotatable bonds is 5. The highest BCUT2D eigenvalue weighted by molar-refractivity contribution is 5.33. The van der Waals surface area contributed by atoms with Crippen LogP contribution in [-0.2, 0) is 6.61 Å². The van der Waals surface area contributed by atoms with Crippen molar-refractivity contribution >= 4 is 0 Å². The molecular formula is C18H14FNO2. The van der Waals surface area contributed by atoms with Gasteiger partial charge in [0.1, 0.15) is 23.9 Å². The molecule has 0 aliphatic heterocycles. The van der Waals surface area contributed by atoms with Crippen LogP contribution < -0.4 is 9.47 Å². The zero-order chi connectivity index (χ0) is 15.2. The van der Waals surface area contributed by atoms with Crippen LogP contribution in [0.2, 0.25) is 0 Å². The molecule has 0 spiro atoms. The van der Waals surface area contributed by atoms with Gasteiger partial charge in [0.05, 0.1) is 0 Å². The van der Waals surface area contributed by atoms with Crippen LogP contribution >= 0.6 is 0 Å². The summed E-state index contributed by atoms with van der Waals surface area (Å²) in [7, 11) is 0. The van der Waals surface area contributed by atoms with Gasteiger partial charge in [-0.25, -0.2) is 9.37 Å². The highest BCUT2D eigenvalue weighted by atomic mass is 19.1. The monoisotopic (exact) mass is 295 g/mol. The van der Waals surface area contributed by atoms with Gasteiger partial charge >= 0.3 is 0 Å². The van der Waals surface area contributed by atoms with E-state index in [0.717, 1.165) is 11.3 Å². The Bertz CT molecular complexity index is 712. The van der Waals surface area contributed by atoms with Gasteiger partial charge in [-0.1, -0.05) is 18.2 Å². The van der Waals surface area contributed by atoms with Gasteiger partial charge in [0.25, 0.3) is 0 Å². The lowest BCUT2D eigenvalue weighted by Crippen LogP contribution is -1.95. The summed E-state index contributed by atoms with van der Waals surface area (Å²) in [5.41, 5.74) is 0.912. The smallest absolute Gasteiger partial charge is 0.219 e. The summed E-state index contributed by atoms with van der Waals surface area (Å²) in [5.74, 6) is 1.70. The molecule has 0 aliphatic rings. The Morgan fingerprint density at radius 1 is 0.818 bits per heavy atom. The summed E-state index contributed by atoms with van der Waals surface area (Å²) < 4.78 is 24.1. The highest BCUT2D eigenvalue weighted by Crippen LogP contribution is 2.22. The van der Waals surface area contributed by atoms with Gasteiger partial charge in [-0.3, -0.25) is 0 Å². The summed E-state index contributed by atoms with van der Waals surface area (Å²) >= 11 is 0. The van der Waals surface area contributed by atoms with Crippen LogP contribution in [0.4, 0.5) is 4.39 Å². The second-order valence-electron chi connectivity index (χ2n) is 4.66. The quantitative estimate of drug-likeness (QED) is 0.689. The predicted molar refractivity (Wildman–Crippen MR) is 81.5 cm³/mol. The predicted octanol–water partition coefficient (Wildman–Crippen LogP) is 4.59.